The van der Waals surface area contributed by atoms with Gasteiger partial charge >= 0.3 is 0 Å². The van der Waals surface area contributed by atoms with E-state index < -0.39 is 0 Å². The lowest BCUT2D eigenvalue weighted by Crippen LogP contribution is -2.28. The first-order chi connectivity index (χ1) is 6.83. The van der Waals surface area contributed by atoms with E-state index in [1.807, 2.05) is 42.4 Å². The highest BCUT2D eigenvalue weighted by Gasteiger charge is 2.30. The van der Waals surface area contributed by atoms with Gasteiger partial charge in [-0.1, -0.05) is 63.1 Å². The SMILES string of the molecule is CC(C)(C)SSC(C)(C)CC(=O)C(C)(C)C. The van der Waals surface area contributed by atoms with Crippen molar-refractivity contribution in [1.29, 1.82) is 0 Å². The molecule has 0 aromatic carbocycles. The van der Waals surface area contributed by atoms with E-state index in [-0.39, 0.29) is 14.9 Å². The Morgan fingerprint density at radius 1 is 0.875 bits per heavy atom. The van der Waals surface area contributed by atoms with Gasteiger partial charge in [-0.25, -0.2) is 0 Å². The van der Waals surface area contributed by atoms with Crippen LogP contribution < -0.4 is 0 Å². The van der Waals surface area contributed by atoms with Crippen LogP contribution in [0.2, 0.25) is 0 Å². The van der Waals surface area contributed by atoms with Crippen molar-refractivity contribution in [3.8, 4) is 0 Å². The van der Waals surface area contributed by atoms with Crippen molar-refractivity contribution >= 4 is 27.4 Å². The van der Waals surface area contributed by atoms with E-state index in [2.05, 4.69) is 34.6 Å². The minimum Gasteiger partial charge on any atom is -0.299 e. The van der Waals surface area contributed by atoms with Gasteiger partial charge in [0.25, 0.3) is 0 Å². The Balaban J connectivity index is 4.31. The number of rotatable bonds is 4. The van der Waals surface area contributed by atoms with Crippen molar-refractivity contribution in [1.82, 2.24) is 0 Å². The molecule has 0 aromatic rings. The fraction of sp³-hybridized carbons (Fsp3) is 0.923. The second-order valence-corrected chi connectivity index (χ2v) is 10.6. The molecule has 0 aliphatic heterocycles. The van der Waals surface area contributed by atoms with Crippen molar-refractivity contribution in [2.24, 2.45) is 5.41 Å². The molecule has 0 aromatic heterocycles. The molecule has 16 heavy (non-hydrogen) atoms. The number of hydrogen-bond acceptors (Lipinski definition) is 3. The van der Waals surface area contributed by atoms with Gasteiger partial charge < -0.3 is 0 Å². The van der Waals surface area contributed by atoms with E-state index in [0.717, 1.165) is 0 Å². The molecule has 0 saturated heterocycles. The maximum absolute atomic E-state index is 12.0. The average Bonchev–Trinajstić information content (AvgIpc) is 1.97. The van der Waals surface area contributed by atoms with Crippen LogP contribution in [0, 0.1) is 5.41 Å². The van der Waals surface area contributed by atoms with E-state index in [9.17, 15) is 4.79 Å². The van der Waals surface area contributed by atoms with Gasteiger partial charge in [0.2, 0.25) is 0 Å². The first-order valence-corrected chi connectivity index (χ1v) is 7.89. The highest BCUT2D eigenvalue weighted by atomic mass is 33.1. The largest absolute Gasteiger partial charge is 0.299 e. The minimum atomic E-state index is -0.218. The maximum Gasteiger partial charge on any atom is 0.139 e. The third-order valence-electron chi connectivity index (χ3n) is 1.94. The van der Waals surface area contributed by atoms with Crippen LogP contribution in [0.3, 0.4) is 0 Å². The number of hydrogen-bond donors (Lipinski definition) is 0. The maximum atomic E-state index is 12.0. The predicted octanol–water partition coefficient (Wildman–Crippen LogP) is 4.95. The van der Waals surface area contributed by atoms with Crippen LogP contribution in [-0.2, 0) is 4.79 Å². The van der Waals surface area contributed by atoms with Crippen LogP contribution in [0.25, 0.3) is 0 Å². The van der Waals surface area contributed by atoms with E-state index in [1.165, 1.54) is 0 Å². The molecule has 0 atom stereocenters. The monoisotopic (exact) mass is 262 g/mol. The standard InChI is InChI=1S/C13H26OS2/c1-11(2,3)10(14)9-13(7,8)16-15-12(4,5)6/h9H2,1-8H3. The first kappa shape index (κ1) is 16.4. The molecule has 1 nitrogen and oxygen atoms in total. The Bertz CT molecular complexity index is 244. The Morgan fingerprint density at radius 2 is 1.31 bits per heavy atom. The summed E-state index contributed by atoms with van der Waals surface area (Å²) < 4.78 is 0.259. The molecule has 0 unspecified atom stereocenters. The van der Waals surface area contributed by atoms with Crippen LogP contribution in [0.5, 0.6) is 0 Å². The van der Waals surface area contributed by atoms with Gasteiger partial charge in [-0.3, -0.25) is 4.79 Å². The summed E-state index contributed by atoms with van der Waals surface area (Å²) in [5, 5.41) is 0. The normalized spacial score (nSPS) is 14.0. The molecule has 0 aliphatic carbocycles. The summed E-state index contributed by atoms with van der Waals surface area (Å²) in [6.45, 7) is 16.9. The highest BCUT2D eigenvalue weighted by molar-refractivity contribution is 8.77. The third kappa shape index (κ3) is 7.61. The molecule has 3 heteroatoms. The Kier molecular flexibility index (Phi) is 5.47. The van der Waals surface area contributed by atoms with Crippen molar-refractivity contribution in [2.75, 3.05) is 0 Å². The molecular weight excluding hydrogens is 236 g/mol. The van der Waals surface area contributed by atoms with E-state index in [1.54, 1.807) is 0 Å². The van der Waals surface area contributed by atoms with E-state index in [4.69, 9.17) is 0 Å². The summed E-state index contributed by atoms with van der Waals surface area (Å²) in [5.74, 6) is 0.347. The molecule has 0 amide bonds. The topological polar surface area (TPSA) is 17.1 Å². The van der Waals surface area contributed by atoms with Crippen molar-refractivity contribution < 1.29 is 4.79 Å². The fourth-order valence-electron chi connectivity index (χ4n) is 0.919. The number of carbonyl (C=O) groups excluding carboxylic acids is 1. The fourth-order valence-corrected chi connectivity index (χ4v) is 3.19. The summed E-state index contributed by atoms with van der Waals surface area (Å²) in [5.41, 5.74) is -0.218. The summed E-state index contributed by atoms with van der Waals surface area (Å²) >= 11 is 0. The van der Waals surface area contributed by atoms with Crippen LogP contribution in [-0.4, -0.2) is 15.3 Å². The number of ketones is 1. The predicted molar refractivity (Wildman–Crippen MR) is 78.1 cm³/mol. The van der Waals surface area contributed by atoms with Gasteiger partial charge in [0.05, 0.1) is 0 Å². The molecule has 0 saturated carbocycles. The molecule has 0 rings (SSSR count). The number of Topliss-reactive ketones (excluding diaryl/α,β-unsaturated/α-hetero) is 1. The Morgan fingerprint density at radius 3 is 1.62 bits per heavy atom. The Hall–Kier alpha value is 0.370. The zero-order chi connectivity index (χ0) is 13.2. The lowest BCUT2D eigenvalue weighted by Gasteiger charge is -2.29. The lowest BCUT2D eigenvalue weighted by molar-refractivity contribution is -0.126. The molecule has 0 spiro atoms. The third-order valence-corrected chi connectivity index (χ3v) is 6.22. The molecule has 0 radical (unpaired) electrons. The average molecular weight is 262 g/mol. The smallest absolute Gasteiger partial charge is 0.139 e. The van der Waals surface area contributed by atoms with E-state index >= 15 is 0 Å². The summed E-state index contributed by atoms with van der Waals surface area (Å²) in [7, 11) is 3.68. The van der Waals surface area contributed by atoms with Gasteiger partial charge in [0.1, 0.15) is 5.78 Å². The summed E-state index contributed by atoms with van der Waals surface area (Å²) in [6, 6.07) is 0. The zero-order valence-electron chi connectivity index (χ0n) is 11.9. The quantitative estimate of drug-likeness (QED) is 0.667. The molecule has 0 heterocycles. The second-order valence-electron chi connectivity index (χ2n) is 6.89. The van der Waals surface area contributed by atoms with Gasteiger partial charge in [-0.15, -0.1) is 0 Å². The Labute approximate surface area is 109 Å². The van der Waals surface area contributed by atoms with Gasteiger partial charge in [0, 0.05) is 21.3 Å². The second kappa shape index (κ2) is 5.34. The zero-order valence-corrected chi connectivity index (χ0v) is 13.6. The van der Waals surface area contributed by atoms with Crippen LogP contribution in [0.1, 0.15) is 61.8 Å². The number of carbonyl (C=O) groups is 1. The molecule has 0 aliphatic rings. The van der Waals surface area contributed by atoms with Gasteiger partial charge in [0.15, 0.2) is 0 Å². The van der Waals surface area contributed by atoms with Crippen LogP contribution in [0.4, 0.5) is 0 Å². The molecular formula is C13H26OS2. The van der Waals surface area contributed by atoms with Crippen molar-refractivity contribution in [3.05, 3.63) is 0 Å². The van der Waals surface area contributed by atoms with E-state index in [0.29, 0.717) is 12.2 Å². The van der Waals surface area contributed by atoms with Crippen LogP contribution >= 0.6 is 21.6 Å². The van der Waals surface area contributed by atoms with Crippen molar-refractivity contribution in [3.63, 3.8) is 0 Å². The lowest BCUT2D eigenvalue weighted by atomic mass is 9.86. The van der Waals surface area contributed by atoms with Gasteiger partial charge in [-0.2, -0.15) is 0 Å². The molecule has 96 valence electrons. The highest BCUT2D eigenvalue weighted by Crippen LogP contribution is 2.45. The summed E-state index contributed by atoms with van der Waals surface area (Å²) in [6.07, 6.45) is 0.643. The van der Waals surface area contributed by atoms with Crippen molar-refractivity contribution in [2.45, 2.75) is 71.3 Å². The minimum absolute atomic E-state index is 0.0162. The first-order valence-electron chi connectivity index (χ1n) is 5.74. The molecule has 0 N–H and O–H groups in total. The molecule has 0 fully saturated rings. The molecule has 0 bridgehead atoms. The summed E-state index contributed by atoms with van der Waals surface area (Å²) in [4.78, 5) is 12.0. The van der Waals surface area contributed by atoms with Crippen LogP contribution in [0.15, 0.2) is 0 Å². The van der Waals surface area contributed by atoms with Gasteiger partial charge in [-0.05, 0) is 13.8 Å².